The maximum absolute atomic E-state index is 13.5. The number of rotatable bonds is 8. The molecule has 2 aliphatic heterocycles. The molecule has 0 saturated carbocycles. The molecule has 2 aliphatic rings. The van der Waals surface area contributed by atoms with Crippen molar-refractivity contribution in [2.45, 2.75) is 92.0 Å². The van der Waals surface area contributed by atoms with E-state index in [2.05, 4.69) is 20.9 Å². The number of carbonyl (C=O) groups excluding carboxylic acids is 4. The minimum absolute atomic E-state index is 0.0340. The smallest absolute Gasteiger partial charge is 0.444 e. The van der Waals surface area contributed by atoms with Crippen molar-refractivity contribution < 1.29 is 42.8 Å². The van der Waals surface area contributed by atoms with Crippen LogP contribution in [0.4, 0.5) is 20.1 Å². The van der Waals surface area contributed by atoms with Crippen molar-refractivity contribution in [3.05, 3.63) is 57.8 Å². The standard InChI is InChI=1S/C40H52BN7O9S/c1-38(2,3)55-35(50)44-33(41-54-24-42)47-19-17-27(18-20-47)29-23-58-31(30(29)53-10)32(49)43-28-13-11-25(12-14-28)26-15-21-48(22-16-26)34(45-36(51)56-39(4,5)6)46-37(52)57-40(7,8)9/h11-15,17,23H,16,18-22H2,1-10H3,(H,43,49)(H,44,50)(H,45,46,51,52). The van der Waals surface area contributed by atoms with Crippen LogP contribution >= 0.6 is 11.3 Å². The summed E-state index contributed by atoms with van der Waals surface area (Å²) in [5.74, 6) is 0.176. The topological polar surface area (TPSA) is 193 Å². The van der Waals surface area contributed by atoms with E-state index in [1.54, 1.807) is 73.5 Å². The fourth-order valence-electron chi connectivity index (χ4n) is 5.76. The number of benzene rings is 1. The number of amides is 4. The van der Waals surface area contributed by atoms with Crippen LogP contribution in [0.25, 0.3) is 11.1 Å². The van der Waals surface area contributed by atoms with Gasteiger partial charge in [-0.3, -0.25) is 5.32 Å². The molecule has 58 heavy (non-hydrogen) atoms. The Balaban J connectivity index is 1.41. The number of alkyl carbamates (subject to hydrolysis) is 2. The van der Waals surface area contributed by atoms with Gasteiger partial charge >= 0.3 is 203 Å². The first-order chi connectivity index (χ1) is 27.1. The Morgan fingerprint density at radius 3 is 1.91 bits per heavy atom. The van der Waals surface area contributed by atoms with Crippen molar-refractivity contribution in [3.63, 3.8) is 0 Å². The number of guanidine groups is 1. The predicted molar refractivity (Wildman–Crippen MR) is 223 cm³/mol. The Labute approximate surface area is 344 Å². The Bertz CT molecular complexity index is 2010. The van der Waals surface area contributed by atoms with Crippen LogP contribution in [0.2, 0.25) is 0 Å². The SMILES string of the molecule is COc1c(C2=CCN(C(=BOC#N)NC(=O)OC(C)(C)C)CC2)csc1C(=O)Nc1ccc(C2=CCN(/C(=N\C(=O)OC(C)(C)C)NC(=O)OC(C)(C)C)CC2)cc1. The molecule has 3 heterocycles. The maximum atomic E-state index is 13.5. The number of carbonyl (C=O) groups is 4. The summed E-state index contributed by atoms with van der Waals surface area (Å²) in [6.07, 6.45) is 4.44. The van der Waals surface area contributed by atoms with Gasteiger partial charge in [-0.25, -0.2) is 9.59 Å². The zero-order valence-corrected chi connectivity index (χ0v) is 35.5. The number of anilines is 1. The summed E-state index contributed by atoms with van der Waals surface area (Å²) in [4.78, 5) is 59.2. The van der Waals surface area contributed by atoms with Crippen LogP contribution in [0.5, 0.6) is 5.75 Å². The average Bonchev–Trinajstić information content (AvgIpc) is 3.56. The molecule has 16 nitrogen and oxygen atoms in total. The molecule has 310 valence electrons. The van der Waals surface area contributed by atoms with Crippen LogP contribution in [0.15, 0.2) is 46.8 Å². The molecule has 0 aliphatic carbocycles. The van der Waals surface area contributed by atoms with E-state index in [1.807, 2.05) is 46.7 Å². The molecule has 2 aromatic rings. The average molecular weight is 818 g/mol. The van der Waals surface area contributed by atoms with Crippen molar-refractivity contribution in [1.29, 1.82) is 5.26 Å². The van der Waals surface area contributed by atoms with E-state index >= 15 is 0 Å². The molecule has 3 N–H and O–H groups in total. The summed E-state index contributed by atoms with van der Waals surface area (Å²) in [6, 6.07) is 7.49. The van der Waals surface area contributed by atoms with E-state index in [4.69, 9.17) is 28.9 Å². The van der Waals surface area contributed by atoms with Gasteiger partial charge in [0.2, 0.25) is 5.96 Å². The van der Waals surface area contributed by atoms with Gasteiger partial charge in [0.25, 0.3) is 0 Å². The summed E-state index contributed by atoms with van der Waals surface area (Å²) < 4.78 is 26.6. The summed E-state index contributed by atoms with van der Waals surface area (Å²) in [5, 5.41) is 19.0. The molecule has 4 rings (SSSR count). The van der Waals surface area contributed by atoms with Crippen LogP contribution < -0.4 is 20.7 Å². The van der Waals surface area contributed by atoms with Crippen LogP contribution in [-0.2, 0) is 18.9 Å². The number of hydrogen-bond donors (Lipinski definition) is 3. The monoisotopic (exact) mass is 817 g/mol. The minimum atomic E-state index is -0.831. The molecule has 0 fully saturated rings. The third-order valence-corrected chi connectivity index (χ3v) is 9.09. The van der Waals surface area contributed by atoms with Gasteiger partial charge in [0.1, 0.15) is 11.2 Å². The van der Waals surface area contributed by atoms with Crippen molar-refractivity contribution in [3.8, 4) is 12.0 Å². The fourth-order valence-corrected chi connectivity index (χ4v) is 6.71. The Morgan fingerprint density at radius 2 is 1.38 bits per heavy atom. The van der Waals surface area contributed by atoms with Crippen LogP contribution in [-0.4, -0.2) is 103 Å². The van der Waals surface area contributed by atoms with E-state index in [9.17, 15) is 19.2 Å². The molecule has 1 aromatic carbocycles. The summed E-state index contributed by atoms with van der Waals surface area (Å²) in [7, 11) is 2.69. The second-order valence-corrected chi connectivity index (χ2v) is 17.2. The number of methoxy groups -OCH3 is 1. The summed E-state index contributed by atoms with van der Waals surface area (Å²) >= 11 is 1.28. The van der Waals surface area contributed by atoms with Gasteiger partial charge < -0.3 is 14.4 Å². The van der Waals surface area contributed by atoms with Gasteiger partial charge in [-0.05, 0) is 59.1 Å². The molecular weight excluding hydrogens is 765 g/mol. The van der Waals surface area contributed by atoms with Gasteiger partial charge in [-0.1, -0.05) is 18.2 Å². The van der Waals surface area contributed by atoms with E-state index in [-0.39, 0.29) is 17.6 Å². The van der Waals surface area contributed by atoms with E-state index in [1.165, 1.54) is 18.4 Å². The predicted octanol–water partition coefficient (Wildman–Crippen LogP) is 6.73. The number of nitriles is 1. The third-order valence-electron chi connectivity index (χ3n) is 8.13. The first-order valence-corrected chi connectivity index (χ1v) is 19.5. The molecule has 0 radical (unpaired) electrons. The molecule has 4 amide bonds. The van der Waals surface area contributed by atoms with Gasteiger partial charge in [-0.15, -0.1) is 4.99 Å². The Hall–Kier alpha value is -5.83. The Morgan fingerprint density at radius 1 is 0.810 bits per heavy atom. The molecule has 0 unspecified atom stereocenters. The van der Waals surface area contributed by atoms with Gasteiger partial charge in [0.15, 0.2) is 0 Å². The normalized spacial score (nSPS) is 15.1. The van der Waals surface area contributed by atoms with Crippen molar-refractivity contribution in [2.24, 2.45) is 4.99 Å². The Kier molecular flexibility index (Phi) is 14.8. The number of thiophene rings is 1. The quantitative estimate of drug-likeness (QED) is 0.0838. The van der Waals surface area contributed by atoms with Gasteiger partial charge in [0, 0.05) is 13.1 Å². The second-order valence-electron chi connectivity index (χ2n) is 16.3. The minimum Gasteiger partial charge on any atom is -0.444 e. The number of aliphatic imine (C=N–C) groups is 1. The van der Waals surface area contributed by atoms with Gasteiger partial charge in [0.05, 0.1) is 0 Å². The van der Waals surface area contributed by atoms with E-state index < -0.39 is 35.1 Å². The number of nitrogens with one attached hydrogen (secondary N) is 3. The second kappa shape index (κ2) is 19.1. The summed E-state index contributed by atoms with van der Waals surface area (Å²) in [5.41, 5.74) is 2.42. The van der Waals surface area contributed by atoms with E-state index in [0.29, 0.717) is 55.3 Å². The molecule has 18 heteroatoms. The fraction of sp³-hybridized carbons (Fsp3) is 0.475. The van der Waals surface area contributed by atoms with Gasteiger partial charge in [-0.2, -0.15) is 0 Å². The van der Waals surface area contributed by atoms with Crippen LogP contribution in [0.3, 0.4) is 0 Å². The summed E-state index contributed by atoms with van der Waals surface area (Å²) in [6.45, 7) is 17.4. The molecule has 1 aromatic heterocycles. The zero-order chi connectivity index (χ0) is 42.8. The van der Waals surface area contributed by atoms with E-state index in [0.717, 1.165) is 29.4 Å². The molecule has 0 atom stereocenters. The van der Waals surface area contributed by atoms with Crippen LogP contribution in [0.1, 0.15) is 96.0 Å². The number of hydrogen-bond acceptors (Lipinski definition) is 12. The molecular formula is C40H52BN7O9S. The molecule has 0 spiro atoms. The van der Waals surface area contributed by atoms with Crippen LogP contribution in [0, 0.1) is 11.5 Å². The molecule has 0 bridgehead atoms. The third kappa shape index (κ3) is 13.7. The number of ether oxygens (including phenoxy) is 4. The first kappa shape index (κ1) is 44.9. The van der Waals surface area contributed by atoms with Crippen molar-refractivity contribution >= 4 is 71.2 Å². The molecule has 0 saturated heterocycles. The zero-order valence-electron chi connectivity index (χ0n) is 34.7. The first-order valence-electron chi connectivity index (χ1n) is 18.7. The van der Waals surface area contributed by atoms with Crippen molar-refractivity contribution in [1.82, 2.24) is 20.4 Å². The number of nitrogens with zero attached hydrogens (tertiary/aromatic N) is 4. The van der Waals surface area contributed by atoms with Crippen molar-refractivity contribution in [2.75, 3.05) is 38.6 Å².